The Morgan fingerprint density at radius 3 is 2.24 bits per heavy atom. The first-order valence-corrected chi connectivity index (χ1v) is 8.02. The molecule has 6 heteroatoms. The summed E-state index contributed by atoms with van der Waals surface area (Å²) in [6.07, 6.45) is 0. The van der Waals surface area contributed by atoms with Crippen molar-refractivity contribution in [2.45, 2.75) is 6.61 Å². The van der Waals surface area contributed by atoms with E-state index >= 15 is 0 Å². The van der Waals surface area contributed by atoms with Crippen molar-refractivity contribution in [2.24, 2.45) is 0 Å². The quantitative estimate of drug-likeness (QED) is 0.769. The molecular formula is C19H23N3O3. The standard InChI is InChI=1S/C19H23N3O3/c1-20-18(23)12-22(2)13-19(24)21-16-8-10-17(11-9-16)25-14-15-6-4-3-5-7-15/h3-11H,12-14H2,1-2H3,(H,20,23)(H,21,24). The fourth-order valence-corrected chi connectivity index (χ4v) is 2.20. The Labute approximate surface area is 147 Å². The molecule has 0 bridgehead atoms. The van der Waals surface area contributed by atoms with E-state index in [1.54, 1.807) is 31.1 Å². The number of hydrogen-bond donors (Lipinski definition) is 2. The summed E-state index contributed by atoms with van der Waals surface area (Å²) in [6, 6.07) is 17.1. The molecule has 0 unspecified atom stereocenters. The van der Waals surface area contributed by atoms with Gasteiger partial charge in [-0.1, -0.05) is 30.3 Å². The van der Waals surface area contributed by atoms with Gasteiger partial charge in [-0.15, -0.1) is 0 Å². The van der Waals surface area contributed by atoms with Gasteiger partial charge in [-0.3, -0.25) is 14.5 Å². The van der Waals surface area contributed by atoms with Crippen LogP contribution in [0.2, 0.25) is 0 Å². The summed E-state index contributed by atoms with van der Waals surface area (Å²) in [5.74, 6) is 0.429. The van der Waals surface area contributed by atoms with Gasteiger partial charge >= 0.3 is 0 Å². The van der Waals surface area contributed by atoms with Gasteiger partial charge in [0.1, 0.15) is 12.4 Å². The van der Waals surface area contributed by atoms with E-state index in [0.717, 1.165) is 11.3 Å². The lowest BCUT2D eigenvalue weighted by molar-refractivity contribution is -0.122. The number of benzene rings is 2. The highest BCUT2D eigenvalue weighted by atomic mass is 16.5. The first-order chi connectivity index (χ1) is 12.1. The Balaban J connectivity index is 1.79. The molecule has 0 heterocycles. The molecule has 2 aromatic rings. The Morgan fingerprint density at radius 2 is 1.60 bits per heavy atom. The Hall–Kier alpha value is -2.86. The molecule has 0 aliphatic heterocycles. The fourth-order valence-electron chi connectivity index (χ4n) is 2.20. The first-order valence-electron chi connectivity index (χ1n) is 8.02. The van der Waals surface area contributed by atoms with Crippen molar-refractivity contribution in [1.29, 1.82) is 0 Å². The van der Waals surface area contributed by atoms with Gasteiger partial charge < -0.3 is 15.4 Å². The summed E-state index contributed by atoms with van der Waals surface area (Å²) in [7, 11) is 3.28. The van der Waals surface area contributed by atoms with Crippen molar-refractivity contribution in [3.05, 3.63) is 60.2 Å². The van der Waals surface area contributed by atoms with Gasteiger partial charge in [0.15, 0.2) is 0 Å². The number of carbonyl (C=O) groups is 2. The Kier molecular flexibility index (Phi) is 6.98. The number of carbonyl (C=O) groups excluding carboxylic acids is 2. The van der Waals surface area contributed by atoms with Gasteiger partial charge in [0, 0.05) is 12.7 Å². The normalized spacial score (nSPS) is 10.4. The maximum atomic E-state index is 12.0. The predicted octanol–water partition coefficient (Wildman–Crippen LogP) is 1.88. The zero-order valence-corrected chi connectivity index (χ0v) is 14.5. The molecule has 0 saturated heterocycles. The van der Waals surface area contributed by atoms with E-state index in [-0.39, 0.29) is 24.9 Å². The molecule has 0 fully saturated rings. The second-order valence-corrected chi connectivity index (χ2v) is 5.69. The second kappa shape index (κ2) is 9.44. The number of nitrogens with one attached hydrogen (secondary N) is 2. The van der Waals surface area contributed by atoms with E-state index in [4.69, 9.17) is 4.74 Å². The highest BCUT2D eigenvalue weighted by molar-refractivity contribution is 5.92. The van der Waals surface area contributed by atoms with E-state index in [2.05, 4.69) is 10.6 Å². The van der Waals surface area contributed by atoms with Crippen LogP contribution < -0.4 is 15.4 Å². The SMILES string of the molecule is CNC(=O)CN(C)CC(=O)Nc1ccc(OCc2ccccc2)cc1. The van der Waals surface area contributed by atoms with Gasteiger partial charge in [-0.2, -0.15) is 0 Å². The molecule has 2 amide bonds. The summed E-state index contributed by atoms with van der Waals surface area (Å²) >= 11 is 0. The Bertz CT molecular complexity index is 687. The van der Waals surface area contributed by atoms with Crippen LogP contribution in [0.25, 0.3) is 0 Å². The lowest BCUT2D eigenvalue weighted by Crippen LogP contribution is -2.37. The predicted molar refractivity (Wildman–Crippen MR) is 97.4 cm³/mol. The molecule has 132 valence electrons. The molecule has 0 atom stereocenters. The molecule has 2 aromatic carbocycles. The van der Waals surface area contributed by atoms with E-state index in [1.165, 1.54) is 0 Å². The van der Waals surface area contributed by atoms with Crippen LogP contribution in [0.15, 0.2) is 54.6 Å². The second-order valence-electron chi connectivity index (χ2n) is 5.69. The molecule has 25 heavy (non-hydrogen) atoms. The van der Waals surface area contributed by atoms with Crippen molar-refractivity contribution < 1.29 is 14.3 Å². The number of hydrogen-bond acceptors (Lipinski definition) is 4. The molecule has 0 saturated carbocycles. The molecule has 6 nitrogen and oxygen atoms in total. The monoisotopic (exact) mass is 341 g/mol. The van der Waals surface area contributed by atoms with Crippen LogP contribution in [0.5, 0.6) is 5.75 Å². The van der Waals surface area contributed by atoms with Gasteiger partial charge in [0.05, 0.1) is 13.1 Å². The molecule has 0 aromatic heterocycles. The number of anilines is 1. The minimum Gasteiger partial charge on any atom is -0.489 e. The van der Waals surface area contributed by atoms with Crippen LogP contribution in [-0.2, 0) is 16.2 Å². The summed E-state index contributed by atoms with van der Waals surface area (Å²) in [5, 5.41) is 5.32. The average molecular weight is 341 g/mol. The van der Waals surface area contributed by atoms with E-state index in [9.17, 15) is 9.59 Å². The van der Waals surface area contributed by atoms with E-state index < -0.39 is 0 Å². The Morgan fingerprint density at radius 1 is 0.960 bits per heavy atom. The van der Waals surface area contributed by atoms with E-state index in [0.29, 0.717) is 12.3 Å². The maximum Gasteiger partial charge on any atom is 0.238 e. The van der Waals surface area contributed by atoms with Crippen LogP contribution in [0.3, 0.4) is 0 Å². The summed E-state index contributed by atoms with van der Waals surface area (Å²) < 4.78 is 5.71. The molecule has 2 N–H and O–H groups in total. The molecule has 0 aliphatic rings. The van der Waals surface area contributed by atoms with Gasteiger partial charge in [-0.05, 0) is 36.9 Å². The van der Waals surface area contributed by atoms with Crippen molar-refractivity contribution >= 4 is 17.5 Å². The molecule has 0 radical (unpaired) electrons. The lowest BCUT2D eigenvalue weighted by Gasteiger charge is -2.15. The van der Waals surface area contributed by atoms with Crippen LogP contribution in [0, 0.1) is 0 Å². The molecule has 2 rings (SSSR count). The smallest absolute Gasteiger partial charge is 0.238 e. The van der Waals surface area contributed by atoms with Crippen molar-refractivity contribution in [3.8, 4) is 5.75 Å². The van der Waals surface area contributed by atoms with Crippen LogP contribution in [-0.4, -0.2) is 43.9 Å². The number of ether oxygens (including phenoxy) is 1. The molecule has 0 spiro atoms. The maximum absolute atomic E-state index is 12.0. The highest BCUT2D eigenvalue weighted by Crippen LogP contribution is 2.17. The largest absolute Gasteiger partial charge is 0.489 e. The van der Waals surface area contributed by atoms with Crippen LogP contribution in [0.4, 0.5) is 5.69 Å². The third kappa shape index (κ3) is 6.64. The van der Waals surface area contributed by atoms with E-state index in [1.807, 2.05) is 42.5 Å². The topological polar surface area (TPSA) is 70.7 Å². The number of amides is 2. The minimum atomic E-state index is -0.177. The number of likely N-dealkylation sites (N-methyl/N-ethyl adjacent to an activating group) is 2. The van der Waals surface area contributed by atoms with Crippen molar-refractivity contribution in [1.82, 2.24) is 10.2 Å². The van der Waals surface area contributed by atoms with Crippen molar-refractivity contribution in [2.75, 3.05) is 32.5 Å². The lowest BCUT2D eigenvalue weighted by atomic mass is 10.2. The summed E-state index contributed by atoms with van der Waals surface area (Å²) in [4.78, 5) is 24.9. The minimum absolute atomic E-state index is 0.129. The van der Waals surface area contributed by atoms with Crippen LogP contribution >= 0.6 is 0 Å². The average Bonchev–Trinajstić information content (AvgIpc) is 2.61. The van der Waals surface area contributed by atoms with Gasteiger partial charge in [0.25, 0.3) is 0 Å². The third-order valence-electron chi connectivity index (χ3n) is 3.49. The summed E-state index contributed by atoms with van der Waals surface area (Å²) in [6.45, 7) is 0.812. The highest BCUT2D eigenvalue weighted by Gasteiger charge is 2.10. The van der Waals surface area contributed by atoms with Gasteiger partial charge in [0.2, 0.25) is 11.8 Å². The third-order valence-corrected chi connectivity index (χ3v) is 3.49. The fraction of sp³-hybridized carbons (Fsp3) is 0.263. The zero-order chi connectivity index (χ0) is 18.1. The summed E-state index contributed by atoms with van der Waals surface area (Å²) in [5.41, 5.74) is 1.78. The van der Waals surface area contributed by atoms with Crippen LogP contribution in [0.1, 0.15) is 5.56 Å². The number of nitrogens with zero attached hydrogens (tertiary/aromatic N) is 1. The van der Waals surface area contributed by atoms with Gasteiger partial charge in [-0.25, -0.2) is 0 Å². The first kappa shape index (κ1) is 18.5. The molecular weight excluding hydrogens is 318 g/mol. The zero-order valence-electron chi connectivity index (χ0n) is 14.5. The van der Waals surface area contributed by atoms with Crippen molar-refractivity contribution in [3.63, 3.8) is 0 Å². The number of rotatable bonds is 8. The molecule has 0 aliphatic carbocycles.